The molecule has 3 heterocycles. The Morgan fingerprint density at radius 1 is 1.50 bits per heavy atom. The molecule has 2 N–H and O–H groups in total. The third-order valence-corrected chi connectivity index (χ3v) is 3.81. The second-order valence-electron chi connectivity index (χ2n) is 5.11. The number of nitrogens with zero attached hydrogens (tertiary/aromatic N) is 3. The van der Waals surface area contributed by atoms with Crippen LogP contribution in [0.15, 0.2) is 22.9 Å². The Morgan fingerprint density at radius 3 is 3.18 bits per heavy atom. The van der Waals surface area contributed by atoms with Crippen molar-refractivity contribution in [1.82, 2.24) is 25.5 Å². The third kappa shape index (κ3) is 3.89. The molecule has 2 aromatic heterocycles. The van der Waals surface area contributed by atoms with Crippen molar-refractivity contribution in [3.63, 3.8) is 0 Å². The van der Waals surface area contributed by atoms with Crippen molar-refractivity contribution < 1.29 is 9.53 Å². The van der Waals surface area contributed by atoms with Gasteiger partial charge in [0.2, 0.25) is 5.91 Å². The molecule has 1 unspecified atom stereocenters. The Hall–Kier alpha value is -1.80. The van der Waals surface area contributed by atoms with Gasteiger partial charge in [-0.05, 0) is 34.8 Å². The number of pyridine rings is 1. The van der Waals surface area contributed by atoms with Gasteiger partial charge in [-0.1, -0.05) is 0 Å². The number of rotatable bonds is 5. The number of amides is 1. The molecule has 22 heavy (non-hydrogen) atoms. The molecule has 0 aromatic carbocycles. The first-order valence-electron chi connectivity index (χ1n) is 7.11. The third-order valence-electron chi connectivity index (χ3n) is 3.37. The highest BCUT2D eigenvalue weighted by Crippen LogP contribution is 2.18. The number of carbonyl (C=O) groups excluding carboxylic acids is 1. The highest BCUT2D eigenvalue weighted by Gasteiger charge is 2.17. The molecule has 116 valence electrons. The van der Waals surface area contributed by atoms with Crippen molar-refractivity contribution in [3.05, 3.63) is 28.8 Å². The summed E-state index contributed by atoms with van der Waals surface area (Å²) >= 11 is 3.36. The minimum Gasteiger partial charge on any atom is -0.376 e. The van der Waals surface area contributed by atoms with Gasteiger partial charge >= 0.3 is 0 Å². The van der Waals surface area contributed by atoms with Crippen LogP contribution >= 0.6 is 15.9 Å². The van der Waals surface area contributed by atoms with E-state index in [1.54, 1.807) is 12.4 Å². The summed E-state index contributed by atoms with van der Waals surface area (Å²) in [6.45, 7) is 1.34. The van der Waals surface area contributed by atoms with E-state index in [-0.39, 0.29) is 18.4 Å². The molecular formula is C14H16BrN5O2. The van der Waals surface area contributed by atoms with E-state index >= 15 is 0 Å². The monoisotopic (exact) mass is 365 g/mol. The maximum Gasteiger partial charge on any atom is 0.227 e. The van der Waals surface area contributed by atoms with Crippen LogP contribution in [0, 0.1) is 0 Å². The number of hydrogen-bond donors (Lipinski definition) is 2. The molecule has 0 aliphatic carbocycles. The van der Waals surface area contributed by atoms with Crippen LogP contribution in [0.25, 0.3) is 11.4 Å². The first-order valence-corrected chi connectivity index (χ1v) is 7.90. The highest BCUT2D eigenvalue weighted by molar-refractivity contribution is 9.10. The van der Waals surface area contributed by atoms with Crippen molar-refractivity contribution in [3.8, 4) is 11.4 Å². The Balaban J connectivity index is 1.55. The van der Waals surface area contributed by atoms with E-state index in [2.05, 4.69) is 41.4 Å². The zero-order chi connectivity index (χ0) is 15.4. The molecule has 7 nitrogen and oxygen atoms in total. The molecule has 1 amide bonds. The Bertz CT molecular complexity index is 654. The van der Waals surface area contributed by atoms with Gasteiger partial charge in [-0.2, -0.15) is 5.10 Å². The standard InChI is InChI=1S/C14H16BrN5O2/c15-10-4-9(6-16-7-10)14-18-12(19-20-14)5-13(21)17-8-11-2-1-3-22-11/h4,6-7,11H,1-3,5,8H2,(H,17,21)(H,18,19,20). The number of hydrogen-bond acceptors (Lipinski definition) is 5. The topological polar surface area (TPSA) is 92.8 Å². The second kappa shape index (κ2) is 6.97. The lowest BCUT2D eigenvalue weighted by Gasteiger charge is -2.09. The first-order chi connectivity index (χ1) is 10.7. The van der Waals surface area contributed by atoms with E-state index in [1.807, 2.05) is 6.07 Å². The van der Waals surface area contributed by atoms with Crippen LogP contribution < -0.4 is 5.32 Å². The fourth-order valence-electron chi connectivity index (χ4n) is 2.29. The van der Waals surface area contributed by atoms with Gasteiger partial charge in [0.15, 0.2) is 5.82 Å². The van der Waals surface area contributed by atoms with Gasteiger partial charge in [-0.3, -0.25) is 14.9 Å². The van der Waals surface area contributed by atoms with Crippen LogP contribution in [-0.4, -0.2) is 45.3 Å². The molecule has 1 fully saturated rings. The quantitative estimate of drug-likeness (QED) is 0.836. The van der Waals surface area contributed by atoms with Gasteiger partial charge in [0.05, 0.1) is 12.5 Å². The van der Waals surface area contributed by atoms with Gasteiger partial charge in [0.25, 0.3) is 0 Å². The summed E-state index contributed by atoms with van der Waals surface area (Å²) in [6.07, 6.45) is 5.74. The van der Waals surface area contributed by atoms with E-state index in [0.717, 1.165) is 29.5 Å². The molecule has 1 aliphatic heterocycles. The number of halogens is 1. The summed E-state index contributed by atoms with van der Waals surface area (Å²) in [7, 11) is 0. The zero-order valence-electron chi connectivity index (χ0n) is 11.9. The van der Waals surface area contributed by atoms with Crippen LogP contribution in [0.4, 0.5) is 0 Å². The molecule has 0 saturated carbocycles. The van der Waals surface area contributed by atoms with Crippen molar-refractivity contribution in [2.45, 2.75) is 25.4 Å². The summed E-state index contributed by atoms with van der Waals surface area (Å²) in [6, 6.07) is 1.87. The lowest BCUT2D eigenvalue weighted by atomic mass is 10.2. The number of nitrogens with one attached hydrogen (secondary N) is 2. The van der Waals surface area contributed by atoms with Crippen LogP contribution in [0.1, 0.15) is 18.7 Å². The van der Waals surface area contributed by atoms with E-state index in [4.69, 9.17) is 4.74 Å². The maximum atomic E-state index is 11.9. The molecule has 2 aromatic rings. The van der Waals surface area contributed by atoms with Crippen molar-refractivity contribution in [1.29, 1.82) is 0 Å². The van der Waals surface area contributed by atoms with E-state index in [0.29, 0.717) is 18.2 Å². The van der Waals surface area contributed by atoms with E-state index in [1.165, 1.54) is 0 Å². The van der Waals surface area contributed by atoms with Crippen LogP contribution in [0.2, 0.25) is 0 Å². The van der Waals surface area contributed by atoms with Crippen LogP contribution in [0.3, 0.4) is 0 Å². The first kappa shape index (κ1) is 15.1. The van der Waals surface area contributed by atoms with Crippen molar-refractivity contribution in [2.24, 2.45) is 0 Å². The average Bonchev–Trinajstić information content (AvgIpc) is 3.16. The molecule has 1 atom stereocenters. The van der Waals surface area contributed by atoms with Gasteiger partial charge in [0.1, 0.15) is 5.82 Å². The predicted molar refractivity (Wildman–Crippen MR) is 83.0 cm³/mol. The Morgan fingerprint density at radius 2 is 2.41 bits per heavy atom. The summed E-state index contributed by atoms with van der Waals surface area (Å²) in [5.41, 5.74) is 0.789. The normalized spacial score (nSPS) is 17.6. The molecule has 0 bridgehead atoms. The fraction of sp³-hybridized carbons (Fsp3) is 0.429. The maximum absolute atomic E-state index is 11.9. The second-order valence-corrected chi connectivity index (χ2v) is 6.03. The number of aromatic amines is 1. The summed E-state index contributed by atoms with van der Waals surface area (Å²) in [5, 5.41) is 9.76. The van der Waals surface area contributed by atoms with E-state index in [9.17, 15) is 4.79 Å². The van der Waals surface area contributed by atoms with Crippen molar-refractivity contribution >= 4 is 21.8 Å². The van der Waals surface area contributed by atoms with Crippen molar-refractivity contribution in [2.75, 3.05) is 13.2 Å². The number of carbonyl (C=O) groups is 1. The molecular weight excluding hydrogens is 350 g/mol. The molecule has 8 heteroatoms. The van der Waals surface area contributed by atoms with Gasteiger partial charge in [0, 0.05) is 35.6 Å². The largest absolute Gasteiger partial charge is 0.376 e. The molecule has 1 saturated heterocycles. The Kier molecular flexibility index (Phi) is 4.79. The summed E-state index contributed by atoms with van der Waals surface area (Å²) < 4.78 is 6.32. The van der Waals surface area contributed by atoms with E-state index < -0.39 is 0 Å². The number of H-pyrrole nitrogens is 1. The number of aromatic nitrogens is 4. The summed E-state index contributed by atoms with van der Waals surface area (Å²) in [4.78, 5) is 20.3. The summed E-state index contributed by atoms with van der Waals surface area (Å²) in [5.74, 6) is 0.959. The molecule has 1 aliphatic rings. The minimum atomic E-state index is -0.0921. The zero-order valence-corrected chi connectivity index (χ0v) is 13.5. The van der Waals surface area contributed by atoms with Crippen LogP contribution in [0.5, 0.6) is 0 Å². The molecule has 0 spiro atoms. The lowest BCUT2D eigenvalue weighted by molar-refractivity contribution is -0.121. The number of ether oxygens (including phenoxy) is 1. The smallest absolute Gasteiger partial charge is 0.227 e. The SMILES string of the molecule is O=C(Cc1nc(-c2cncc(Br)c2)n[nH]1)NCC1CCCO1. The highest BCUT2D eigenvalue weighted by atomic mass is 79.9. The van der Waals surface area contributed by atoms with Crippen LogP contribution in [-0.2, 0) is 16.0 Å². The van der Waals surface area contributed by atoms with Gasteiger partial charge in [-0.15, -0.1) is 0 Å². The Labute approximate surface area is 136 Å². The van der Waals surface area contributed by atoms with Gasteiger partial charge < -0.3 is 10.1 Å². The fourth-order valence-corrected chi connectivity index (χ4v) is 2.65. The lowest BCUT2D eigenvalue weighted by Crippen LogP contribution is -2.33. The predicted octanol–water partition coefficient (Wildman–Crippen LogP) is 1.47. The average molecular weight is 366 g/mol. The van der Waals surface area contributed by atoms with Gasteiger partial charge in [-0.25, -0.2) is 4.98 Å². The molecule has 3 rings (SSSR count). The minimum absolute atomic E-state index is 0.0921. The molecule has 0 radical (unpaired) electrons.